The molecule has 5 rings (SSSR count). The second-order valence-electron chi connectivity index (χ2n) is 10.2. The summed E-state index contributed by atoms with van der Waals surface area (Å²) in [6.45, 7) is 5.61. The Kier molecular flexibility index (Phi) is 9.31. The Morgan fingerprint density at radius 2 is 1.21 bits per heavy atom. The smallest absolute Gasteiger partial charge is 0.295 e. The van der Waals surface area contributed by atoms with Crippen molar-refractivity contribution in [3.05, 3.63) is 127 Å². The Hall–Kier alpha value is -4.37. The Morgan fingerprint density at radius 3 is 1.77 bits per heavy atom. The summed E-state index contributed by atoms with van der Waals surface area (Å²) in [6, 6.07) is 30.9. The molecule has 43 heavy (non-hydrogen) atoms. The fourth-order valence-electron chi connectivity index (χ4n) is 4.99. The van der Waals surface area contributed by atoms with Crippen LogP contribution in [0.2, 0.25) is 0 Å². The molecule has 7 nitrogen and oxygen atoms in total. The molecule has 4 aromatic rings. The Labute approximate surface area is 252 Å². The molecule has 0 amide bonds. The van der Waals surface area contributed by atoms with Gasteiger partial charge in [0.15, 0.2) is 6.29 Å². The van der Waals surface area contributed by atoms with Crippen LogP contribution < -0.4 is 14.2 Å². The highest BCUT2D eigenvalue weighted by atomic mass is 32.2. The van der Waals surface area contributed by atoms with E-state index in [4.69, 9.17) is 18.9 Å². The van der Waals surface area contributed by atoms with Crippen molar-refractivity contribution in [3.8, 4) is 28.4 Å². The first-order chi connectivity index (χ1) is 20.7. The van der Waals surface area contributed by atoms with Gasteiger partial charge in [0.25, 0.3) is 10.1 Å². The van der Waals surface area contributed by atoms with Crippen LogP contribution in [0.5, 0.6) is 17.2 Å². The topological polar surface area (TPSA) is 91.3 Å². The Balaban J connectivity index is 1.34. The number of hydrogen-bond acceptors (Lipinski definition) is 6. The third-order valence-corrected chi connectivity index (χ3v) is 7.87. The highest BCUT2D eigenvalue weighted by Gasteiger charge is 2.26. The predicted molar refractivity (Wildman–Crippen MR) is 167 cm³/mol. The van der Waals surface area contributed by atoms with E-state index < -0.39 is 22.7 Å². The van der Waals surface area contributed by atoms with E-state index in [-0.39, 0.29) is 16.9 Å². The van der Waals surface area contributed by atoms with Crippen molar-refractivity contribution in [2.75, 3.05) is 0 Å². The first kappa shape index (κ1) is 30.1. The summed E-state index contributed by atoms with van der Waals surface area (Å²) in [5.41, 5.74) is 2.07. The van der Waals surface area contributed by atoms with Crippen LogP contribution in [0.4, 0.5) is 0 Å². The summed E-state index contributed by atoms with van der Waals surface area (Å²) in [6.07, 6.45) is 4.33. The van der Waals surface area contributed by atoms with E-state index in [0.29, 0.717) is 39.5 Å². The fraction of sp³-hybridized carbons (Fsp3) is 0.200. The van der Waals surface area contributed by atoms with Crippen LogP contribution in [0.1, 0.15) is 26.3 Å². The molecule has 4 unspecified atom stereocenters. The quantitative estimate of drug-likeness (QED) is 0.139. The molecule has 4 aromatic carbocycles. The van der Waals surface area contributed by atoms with Crippen LogP contribution in [0.25, 0.3) is 16.7 Å². The maximum absolute atomic E-state index is 12.8. The number of hydrogen-bond donors (Lipinski definition) is 1. The second-order valence-corrected chi connectivity index (χ2v) is 11.6. The van der Waals surface area contributed by atoms with Crippen LogP contribution in [-0.4, -0.2) is 31.7 Å². The maximum Gasteiger partial charge on any atom is 0.295 e. The third kappa shape index (κ3) is 7.73. The molecule has 0 aliphatic heterocycles. The number of rotatable bonds is 11. The van der Waals surface area contributed by atoms with Crippen molar-refractivity contribution in [1.29, 1.82) is 0 Å². The van der Waals surface area contributed by atoms with Crippen molar-refractivity contribution in [2.45, 2.75) is 44.4 Å². The molecule has 1 N–H and O–H groups in total. The average molecular weight is 599 g/mol. The monoisotopic (exact) mass is 598 g/mol. The van der Waals surface area contributed by atoms with E-state index in [2.05, 4.69) is 0 Å². The van der Waals surface area contributed by atoms with Crippen LogP contribution in [0.3, 0.4) is 0 Å². The zero-order valence-corrected chi connectivity index (χ0v) is 25.0. The number of para-hydroxylation sites is 2. The van der Waals surface area contributed by atoms with Gasteiger partial charge in [-0.3, -0.25) is 4.55 Å². The van der Waals surface area contributed by atoms with Gasteiger partial charge in [-0.1, -0.05) is 91.9 Å². The lowest BCUT2D eigenvalue weighted by atomic mass is 9.90. The Morgan fingerprint density at radius 1 is 0.674 bits per heavy atom. The summed E-state index contributed by atoms with van der Waals surface area (Å²) >= 11 is 0. The van der Waals surface area contributed by atoms with Crippen LogP contribution in [0.15, 0.2) is 126 Å². The standard InChI is InChI=1S/C35H34O7S/c1-24-23-28(19-22-34(24)42-26(3)41-30-13-8-5-9-14-30)33-16-10-15-32(35(33)43(36,37)38)27-17-20-31(21-18-27)40-25(2)39-29-11-6-4-7-12-29/h4-26,34H,1-3H3,(H,36,37,38). The first-order valence-electron chi connectivity index (χ1n) is 14.0. The molecule has 0 heterocycles. The number of ether oxygens (including phenoxy) is 4. The summed E-state index contributed by atoms with van der Waals surface area (Å²) in [5.74, 6) is 1.87. The molecule has 1 aliphatic carbocycles. The van der Waals surface area contributed by atoms with Gasteiger partial charge in [0, 0.05) is 24.0 Å². The van der Waals surface area contributed by atoms with Gasteiger partial charge in [0.05, 0.1) is 6.10 Å². The number of benzene rings is 4. The van der Waals surface area contributed by atoms with Crippen LogP contribution in [-0.2, 0) is 14.9 Å². The fourth-order valence-corrected chi connectivity index (χ4v) is 5.91. The highest BCUT2D eigenvalue weighted by Crippen LogP contribution is 2.37. The lowest BCUT2D eigenvalue weighted by Gasteiger charge is -2.27. The molecule has 0 aromatic heterocycles. The summed E-state index contributed by atoms with van der Waals surface area (Å²) in [5, 5.41) is 0. The van der Waals surface area contributed by atoms with Gasteiger partial charge in [-0.2, -0.15) is 8.42 Å². The second kappa shape index (κ2) is 13.3. The zero-order valence-electron chi connectivity index (χ0n) is 24.2. The molecule has 0 fully saturated rings. The van der Waals surface area contributed by atoms with Crippen molar-refractivity contribution in [1.82, 2.24) is 0 Å². The maximum atomic E-state index is 12.8. The van der Waals surface area contributed by atoms with E-state index >= 15 is 0 Å². The third-order valence-electron chi connectivity index (χ3n) is 6.92. The molecule has 0 saturated carbocycles. The van der Waals surface area contributed by atoms with Crippen molar-refractivity contribution in [3.63, 3.8) is 0 Å². The number of allylic oxidation sites excluding steroid dienone is 2. The summed E-state index contributed by atoms with van der Waals surface area (Å²) < 4.78 is 59.5. The van der Waals surface area contributed by atoms with Gasteiger partial charge in [-0.15, -0.1) is 0 Å². The summed E-state index contributed by atoms with van der Waals surface area (Å²) in [7, 11) is -4.59. The van der Waals surface area contributed by atoms with E-state index in [0.717, 1.165) is 0 Å². The molecule has 0 radical (unpaired) electrons. The lowest BCUT2D eigenvalue weighted by molar-refractivity contribution is -0.101. The minimum atomic E-state index is -4.59. The molecule has 1 aliphatic rings. The lowest BCUT2D eigenvalue weighted by Crippen LogP contribution is -2.28. The molecule has 0 spiro atoms. The molecule has 222 valence electrons. The minimum Gasteiger partial charge on any atom is -0.465 e. The van der Waals surface area contributed by atoms with Gasteiger partial charge < -0.3 is 18.9 Å². The first-order valence-corrected chi connectivity index (χ1v) is 15.5. The van der Waals surface area contributed by atoms with E-state index in [1.54, 1.807) is 49.4 Å². The molecule has 0 bridgehead atoms. The van der Waals surface area contributed by atoms with Crippen molar-refractivity contribution < 1.29 is 31.9 Å². The predicted octanol–water partition coefficient (Wildman–Crippen LogP) is 7.80. The summed E-state index contributed by atoms with van der Waals surface area (Å²) in [4.78, 5) is -0.160. The average Bonchev–Trinajstić information content (AvgIpc) is 2.99. The van der Waals surface area contributed by atoms with Crippen molar-refractivity contribution in [2.24, 2.45) is 5.92 Å². The Bertz CT molecular complexity index is 1680. The zero-order chi connectivity index (χ0) is 30.4. The van der Waals surface area contributed by atoms with E-state index in [1.807, 2.05) is 92.7 Å². The molecule has 0 saturated heterocycles. The van der Waals surface area contributed by atoms with Gasteiger partial charge in [-0.05, 0) is 54.5 Å². The normalized spacial score (nSPS) is 17.9. The van der Waals surface area contributed by atoms with Gasteiger partial charge >= 0.3 is 0 Å². The molecular formula is C35H34O7S. The van der Waals surface area contributed by atoms with E-state index in [9.17, 15) is 13.0 Å². The van der Waals surface area contributed by atoms with E-state index in [1.165, 1.54) is 0 Å². The highest BCUT2D eigenvalue weighted by molar-refractivity contribution is 7.86. The van der Waals surface area contributed by atoms with Crippen molar-refractivity contribution >= 4 is 15.7 Å². The minimum absolute atomic E-state index is 0.0868. The SMILES string of the molecule is CC(Oc1ccccc1)Oc1ccc(-c2cccc(C3=CC(C)C(OC(C)Oc4ccccc4)C=C3)c2S(=O)(=O)O)cc1. The molecule has 8 heteroatoms. The van der Waals surface area contributed by atoms with Gasteiger partial charge in [0.2, 0.25) is 6.29 Å². The largest absolute Gasteiger partial charge is 0.465 e. The van der Waals surface area contributed by atoms with Crippen LogP contribution in [0, 0.1) is 5.92 Å². The molecule has 4 atom stereocenters. The van der Waals surface area contributed by atoms with Gasteiger partial charge in [0.1, 0.15) is 22.1 Å². The molecular weight excluding hydrogens is 564 g/mol. The van der Waals surface area contributed by atoms with Gasteiger partial charge in [-0.25, -0.2) is 0 Å². The van der Waals surface area contributed by atoms with Crippen LogP contribution >= 0.6 is 0 Å².